The minimum atomic E-state index is -0.229. The van der Waals surface area contributed by atoms with Crippen LogP contribution in [0.4, 0.5) is 4.39 Å². The number of nitrogens with zero attached hydrogens (tertiary/aromatic N) is 1. The van der Waals surface area contributed by atoms with Gasteiger partial charge in [0.15, 0.2) is 0 Å². The number of rotatable bonds is 6. The summed E-state index contributed by atoms with van der Waals surface area (Å²) in [5.41, 5.74) is 0. The average Bonchev–Trinajstić information content (AvgIpc) is 2.39. The van der Waals surface area contributed by atoms with Crippen molar-refractivity contribution >= 4 is 0 Å². The molecule has 1 aromatic carbocycles. The molecular weight excluding hydrogens is 257 g/mol. The Morgan fingerprint density at radius 1 is 1.15 bits per heavy atom. The molecule has 2 rings (SSSR count). The van der Waals surface area contributed by atoms with Crippen molar-refractivity contribution < 1.29 is 13.9 Å². The number of halogens is 1. The number of morpholine rings is 1. The van der Waals surface area contributed by atoms with Crippen LogP contribution in [0.25, 0.3) is 0 Å². The lowest BCUT2D eigenvalue weighted by Crippen LogP contribution is -2.45. The average molecular weight is 281 g/mol. The van der Waals surface area contributed by atoms with Gasteiger partial charge in [-0.3, -0.25) is 4.90 Å². The molecule has 2 atom stereocenters. The van der Waals surface area contributed by atoms with Gasteiger partial charge in [0.1, 0.15) is 11.6 Å². The summed E-state index contributed by atoms with van der Waals surface area (Å²) in [6.45, 7) is 8.05. The lowest BCUT2D eigenvalue weighted by Gasteiger charge is -2.35. The van der Waals surface area contributed by atoms with Crippen LogP contribution in [0.3, 0.4) is 0 Å². The Kier molecular flexibility index (Phi) is 5.80. The van der Waals surface area contributed by atoms with Crippen LogP contribution in [0.1, 0.15) is 26.7 Å². The third-order valence-corrected chi connectivity index (χ3v) is 3.45. The van der Waals surface area contributed by atoms with Gasteiger partial charge in [0.2, 0.25) is 0 Å². The third-order valence-electron chi connectivity index (χ3n) is 3.45. The summed E-state index contributed by atoms with van der Waals surface area (Å²) >= 11 is 0. The number of unbranched alkanes of at least 4 members (excludes halogenated alkanes) is 1. The van der Waals surface area contributed by atoms with Gasteiger partial charge in [0.05, 0.1) is 18.8 Å². The smallest absolute Gasteiger partial charge is 0.123 e. The van der Waals surface area contributed by atoms with Crippen LogP contribution in [0, 0.1) is 5.82 Å². The number of ether oxygens (including phenoxy) is 2. The van der Waals surface area contributed by atoms with E-state index in [9.17, 15) is 4.39 Å². The van der Waals surface area contributed by atoms with Crippen molar-refractivity contribution in [1.29, 1.82) is 0 Å². The zero-order chi connectivity index (χ0) is 14.4. The zero-order valence-corrected chi connectivity index (χ0v) is 12.3. The fourth-order valence-corrected chi connectivity index (χ4v) is 2.63. The quantitative estimate of drug-likeness (QED) is 0.748. The van der Waals surface area contributed by atoms with Crippen LogP contribution in [-0.2, 0) is 4.74 Å². The molecule has 1 fully saturated rings. The van der Waals surface area contributed by atoms with Crippen LogP contribution in [-0.4, -0.2) is 43.3 Å². The summed E-state index contributed by atoms with van der Waals surface area (Å²) < 4.78 is 24.0. The zero-order valence-electron chi connectivity index (χ0n) is 12.3. The first kappa shape index (κ1) is 15.3. The van der Waals surface area contributed by atoms with Gasteiger partial charge < -0.3 is 9.47 Å². The second-order valence-corrected chi connectivity index (χ2v) is 5.53. The normalized spacial score (nSPS) is 23.8. The van der Waals surface area contributed by atoms with Gasteiger partial charge in [-0.05, 0) is 57.5 Å². The number of hydrogen-bond donors (Lipinski definition) is 0. The van der Waals surface area contributed by atoms with Crippen LogP contribution >= 0.6 is 0 Å². The molecule has 1 aliphatic heterocycles. The highest BCUT2D eigenvalue weighted by molar-refractivity contribution is 5.21. The molecule has 0 aliphatic carbocycles. The van der Waals surface area contributed by atoms with Crippen molar-refractivity contribution in [2.45, 2.75) is 38.9 Å². The van der Waals surface area contributed by atoms with Crippen molar-refractivity contribution in [1.82, 2.24) is 4.90 Å². The summed E-state index contributed by atoms with van der Waals surface area (Å²) in [5, 5.41) is 0. The molecule has 0 saturated carbocycles. The van der Waals surface area contributed by atoms with E-state index in [2.05, 4.69) is 18.7 Å². The molecule has 0 spiro atoms. The topological polar surface area (TPSA) is 21.7 Å². The van der Waals surface area contributed by atoms with Crippen molar-refractivity contribution in [2.24, 2.45) is 0 Å². The molecule has 0 N–H and O–H groups in total. The molecule has 0 bridgehead atoms. The summed E-state index contributed by atoms with van der Waals surface area (Å²) in [6, 6.07) is 6.18. The van der Waals surface area contributed by atoms with E-state index < -0.39 is 0 Å². The largest absolute Gasteiger partial charge is 0.494 e. The van der Waals surface area contributed by atoms with E-state index in [4.69, 9.17) is 9.47 Å². The first-order chi connectivity index (χ1) is 9.63. The van der Waals surface area contributed by atoms with Gasteiger partial charge in [-0.15, -0.1) is 0 Å². The molecule has 20 heavy (non-hydrogen) atoms. The van der Waals surface area contributed by atoms with E-state index in [0.29, 0.717) is 18.8 Å². The predicted octanol–water partition coefficient (Wildman–Crippen LogP) is 3.09. The second-order valence-electron chi connectivity index (χ2n) is 5.53. The Bertz CT molecular complexity index is 386. The molecule has 0 amide bonds. The lowest BCUT2D eigenvalue weighted by atomic mass is 10.2. The Labute approximate surface area is 120 Å². The van der Waals surface area contributed by atoms with Gasteiger partial charge in [-0.2, -0.15) is 0 Å². The highest BCUT2D eigenvalue weighted by atomic mass is 19.1. The van der Waals surface area contributed by atoms with Gasteiger partial charge >= 0.3 is 0 Å². The molecule has 3 nitrogen and oxygen atoms in total. The SMILES string of the molecule is C[C@@H]1CN(CCCCOc2ccc(F)cc2)C[C@H](C)O1. The molecule has 1 aliphatic rings. The number of benzene rings is 1. The maximum absolute atomic E-state index is 12.7. The highest BCUT2D eigenvalue weighted by Gasteiger charge is 2.21. The second kappa shape index (κ2) is 7.60. The summed E-state index contributed by atoms with van der Waals surface area (Å²) in [6.07, 6.45) is 2.78. The van der Waals surface area contributed by atoms with Crippen molar-refractivity contribution in [3.8, 4) is 5.75 Å². The fourth-order valence-electron chi connectivity index (χ4n) is 2.63. The Hall–Kier alpha value is -1.13. The monoisotopic (exact) mass is 281 g/mol. The molecule has 1 saturated heterocycles. The van der Waals surface area contributed by atoms with Crippen molar-refractivity contribution in [2.75, 3.05) is 26.2 Å². The van der Waals surface area contributed by atoms with Crippen molar-refractivity contribution in [3.05, 3.63) is 30.1 Å². The van der Waals surface area contributed by atoms with Gasteiger partial charge in [-0.25, -0.2) is 4.39 Å². The van der Waals surface area contributed by atoms with E-state index in [0.717, 1.165) is 38.2 Å². The van der Waals surface area contributed by atoms with Crippen molar-refractivity contribution in [3.63, 3.8) is 0 Å². The Morgan fingerprint density at radius 2 is 1.80 bits per heavy atom. The first-order valence-electron chi connectivity index (χ1n) is 7.39. The molecule has 0 unspecified atom stereocenters. The molecule has 0 aromatic heterocycles. The predicted molar refractivity (Wildman–Crippen MR) is 77.6 cm³/mol. The lowest BCUT2D eigenvalue weighted by molar-refractivity contribution is -0.0682. The van der Waals surface area contributed by atoms with E-state index in [1.807, 2.05) is 0 Å². The maximum atomic E-state index is 12.7. The summed E-state index contributed by atoms with van der Waals surface area (Å²) in [5.74, 6) is 0.507. The molecule has 4 heteroatoms. The standard InChI is InChI=1S/C16H24FNO2/c1-13-11-18(12-14(2)20-13)9-3-4-10-19-16-7-5-15(17)6-8-16/h5-8,13-14H,3-4,9-12H2,1-2H3/t13-,14+. The minimum absolute atomic E-state index is 0.229. The van der Waals surface area contributed by atoms with E-state index in [1.54, 1.807) is 12.1 Å². The van der Waals surface area contributed by atoms with E-state index in [-0.39, 0.29) is 5.82 Å². The van der Waals surface area contributed by atoms with E-state index in [1.165, 1.54) is 12.1 Å². The van der Waals surface area contributed by atoms with Crippen LogP contribution in [0.15, 0.2) is 24.3 Å². The third kappa shape index (κ3) is 5.10. The fraction of sp³-hybridized carbons (Fsp3) is 0.625. The summed E-state index contributed by atoms with van der Waals surface area (Å²) in [4.78, 5) is 2.46. The molecule has 0 radical (unpaired) electrons. The Balaban J connectivity index is 1.58. The van der Waals surface area contributed by atoms with Gasteiger partial charge in [0.25, 0.3) is 0 Å². The highest BCUT2D eigenvalue weighted by Crippen LogP contribution is 2.13. The first-order valence-corrected chi connectivity index (χ1v) is 7.39. The molecule has 1 aromatic rings. The van der Waals surface area contributed by atoms with Crippen LogP contribution in [0.2, 0.25) is 0 Å². The minimum Gasteiger partial charge on any atom is -0.494 e. The maximum Gasteiger partial charge on any atom is 0.123 e. The van der Waals surface area contributed by atoms with Gasteiger partial charge in [0, 0.05) is 13.1 Å². The van der Waals surface area contributed by atoms with E-state index >= 15 is 0 Å². The van der Waals surface area contributed by atoms with Crippen LogP contribution < -0.4 is 4.74 Å². The molecule has 112 valence electrons. The molecule has 1 heterocycles. The summed E-state index contributed by atoms with van der Waals surface area (Å²) in [7, 11) is 0. The Morgan fingerprint density at radius 3 is 2.45 bits per heavy atom. The number of hydrogen-bond acceptors (Lipinski definition) is 3. The van der Waals surface area contributed by atoms with Crippen LogP contribution in [0.5, 0.6) is 5.75 Å². The van der Waals surface area contributed by atoms with Gasteiger partial charge in [-0.1, -0.05) is 0 Å². The molecular formula is C16H24FNO2.